The van der Waals surface area contributed by atoms with Gasteiger partial charge in [0.15, 0.2) is 24.5 Å². The lowest BCUT2D eigenvalue weighted by atomic mass is 9.83. The van der Waals surface area contributed by atoms with E-state index in [1.807, 2.05) is 0 Å². The SMILES string of the molecule is NC[C@@H]1O[C@H](O[C@H]2[C@@H](O)[C@H](O[C@@H]3[C@@H](O)[C@H](NC(=O)C4(O)CNC4)C[C@H](N)[C@H]3O[C@H]3O[C@H](CNCC4(O)CCNCC4)[C@@H](O)C[C@H]3N)O[C@@H]2CO)[C@H](N)[C@@H](O)[C@@H]1O. The molecular formula is C33H62N8O15. The Balaban J connectivity index is 1.17. The summed E-state index contributed by atoms with van der Waals surface area (Å²) in [6, 6.07) is -4.22. The third-order valence-electron chi connectivity index (χ3n) is 11.9. The Morgan fingerprint density at radius 3 is 2.04 bits per heavy atom. The molecule has 0 aromatic rings. The van der Waals surface area contributed by atoms with E-state index in [9.17, 15) is 45.6 Å². The monoisotopic (exact) mass is 810 g/mol. The molecule has 18 atom stereocenters. The Morgan fingerprint density at radius 2 is 1.39 bits per heavy atom. The number of aliphatic hydroxyl groups excluding tert-OH is 6. The number of piperidine rings is 1. The highest BCUT2D eigenvalue weighted by molar-refractivity contribution is 5.87. The second-order valence-electron chi connectivity index (χ2n) is 16.1. The molecule has 0 aromatic carbocycles. The first kappa shape index (κ1) is 44.2. The van der Waals surface area contributed by atoms with Crippen molar-refractivity contribution >= 4 is 5.91 Å². The topological polar surface area (TPSA) is 386 Å². The Morgan fingerprint density at radius 1 is 0.750 bits per heavy atom. The zero-order valence-electron chi connectivity index (χ0n) is 31.1. The van der Waals surface area contributed by atoms with Crippen LogP contribution in [0.1, 0.15) is 25.7 Å². The summed E-state index contributed by atoms with van der Waals surface area (Å²) in [7, 11) is 0. The van der Waals surface area contributed by atoms with Crippen LogP contribution < -0.4 is 44.2 Å². The molecule has 20 N–H and O–H groups in total. The summed E-state index contributed by atoms with van der Waals surface area (Å²) in [5, 5.41) is 98.4. The molecule has 1 aliphatic carbocycles. The average molecular weight is 811 g/mol. The van der Waals surface area contributed by atoms with Gasteiger partial charge in [-0.15, -0.1) is 0 Å². The Kier molecular flexibility index (Phi) is 14.6. The molecule has 5 aliphatic heterocycles. The van der Waals surface area contributed by atoms with Crippen molar-refractivity contribution in [2.75, 3.05) is 52.4 Å². The minimum Gasteiger partial charge on any atom is -0.394 e. The molecule has 56 heavy (non-hydrogen) atoms. The van der Waals surface area contributed by atoms with Gasteiger partial charge in [-0.1, -0.05) is 0 Å². The van der Waals surface area contributed by atoms with Crippen LogP contribution in [0, 0.1) is 0 Å². The van der Waals surface area contributed by atoms with Gasteiger partial charge in [0.2, 0.25) is 0 Å². The van der Waals surface area contributed by atoms with Gasteiger partial charge in [0, 0.05) is 38.8 Å². The second kappa shape index (κ2) is 18.5. The van der Waals surface area contributed by atoms with Crippen LogP contribution in [0.15, 0.2) is 0 Å². The molecule has 0 radical (unpaired) electrons. The van der Waals surface area contributed by atoms with Gasteiger partial charge in [-0.05, 0) is 38.8 Å². The van der Waals surface area contributed by atoms with Gasteiger partial charge in [-0.3, -0.25) is 4.79 Å². The summed E-state index contributed by atoms with van der Waals surface area (Å²) in [6.45, 7) is 0.882. The molecule has 0 spiro atoms. The number of amides is 1. The molecule has 1 amide bonds. The predicted octanol–water partition coefficient (Wildman–Crippen LogP) is -9.63. The molecule has 6 rings (SSSR count). The first-order chi connectivity index (χ1) is 26.6. The highest BCUT2D eigenvalue weighted by Gasteiger charge is 2.55. The van der Waals surface area contributed by atoms with Crippen LogP contribution in [0.3, 0.4) is 0 Å². The Labute approximate surface area is 323 Å². The van der Waals surface area contributed by atoms with Gasteiger partial charge in [0.25, 0.3) is 5.91 Å². The van der Waals surface area contributed by atoms with E-state index in [4.69, 9.17) is 51.4 Å². The van der Waals surface area contributed by atoms with Gasteiger partial charge in [-0.2, -0.15) is 0 Å². The molecule has 0 aromatic heterocycles. The number of hydrogen-bond acceptors (Lipinski definition) is 22. The van der Waals surface area contributed by atoms with Crippen LogP contribution in [-0.2, 0) is 33.2 Å². The Bertz CT molecular complexity index is 1290. The Hall–Kier alpha value is -1.37. The van der Waals surface area contributed by atoms with E-state index < -0.39 is 134 Å². The van der Waals surface area contributed by atoms with Crippen molar-refractivity contribution in [1.82, 2.24) is 21.3 Å². The summed E-state index contributed by atoms with van der Waals surface area (Å²) >= 11 is 0. The van der Waals surface area contributed by atoms with E-state index in [0.717, 1.165) is 0 Å². The van der Waals surface area contributed by atoms with Crippen LogP contribution >= 0.6 is 0 Å². The van der Waals surface area contributed by atoms with Crippen molar-refractivity contribution < 1.29 is 74.1 Å². The van der Waals surface area contributed by atoms with Gasteiger partial charge >= 0.3 is 0 Å². The van der Waals surface area contributed by atoms with E-state index in [1.54, 1.807) is 0 Å². The smallest absolute Gasteiger partial charge is 0.254 e. The molecule has 0 bridgehead atoms. The van der Waals surface area contributed by atoms with Crippen molar-refractivity contribution in [2.45, 2.75) is 147 Å². The number of nitrogens with two attached hydrogens (primary N) is 4. The molecule has 6 aliphatic rings. The molecule has 324 valence electrons. The summed E-state index contributed by atoms with van der Waals surface area (Å²) in [5.74, 6) is -0.750. The number of rotatable bonds is 14. The molecule has 1 saturated carbocycles. The number of carbonyl (C=O) groups is 1. The number of aliphatic hydroxyl groups is 8. The number of ether oxygens (including phenoxy) is 6. The van der Waals surface area contributed by atoms with Gasteiger partial charge < -0.3 is 113 Å². The third-order valence-corrected chi connectivity index (χ3v) is 11.9. The molecule has 5 heterocycles. The van der Waals surface area contributed by atoms with Crippen LogP contribution in [0.5, 0.6) is 0 Å². The van der Waals surface area contributed by atoms with Gasteiger partial charge in [0.05, 0.1) is 42.5 Å². The van der Waals surface area contributed by atoms with E-state index in [1.165, 1.54) is 0 Å². The maximum absolute atomic E-state index is 13.0. The lowest BCUT2D eigenvalue weighted by Gasteiger charge is -2.48. The minimum atomic E-state index is -1.71. The normalized spacial score (nSPS) is 46.6. The second-order valence-corrected chi connectivity index (χ2v) is 16.1. The lowest BCUT2D eigenvalue weighted by molar-refractivity contribution is -0.297. The van der Waals surface area contributed by atoms with Crippen LogP contribution in [0.2, 0.25) is 0 Å². The fourth-order valence-electron chi connectivity index (χ4n) is 8.15. The summed E-state index contributed by atoms with van der Waals surface area (Å²) in [4.78, 5) is 13.0. The zero-order chi connectivity index (χ0) is 40.5. The quantitative estimate of drug-likeness (QED) is 0.0774. The van der Waals surface area contributed by atoms with Crippen LogP contribution in [0.25, 0.3) is 0 Å². The van der Waals surface area contributed by atoms with E-state index in [-0.39, 0.29) is 45.6 Å². The first-order valence-electron chi connectivity index (χ1n) is 19.4. The van der Waals surface area contributed by atoms with Crippen molar-refractivity contribution in [2.24, 2.45) is 22.9 Å². The highest BCUT2D eigenvalue weighted by atomic mass is 16.8. The first-order valence-corrected chi connectivity index (χ1v) is 19.4. The highest BCUT2D eigenvalue weighted by Crippen LogP contribution is 2.35. The van der Waals surface area contributed by atoms with E-state index in [0.29, 0.717) is 25.9 Å². The van der Waals surface area contributed by atoms with Crippen molar-refractivity contribution in [3.8, 4) is 0 Å². The summed E-state index contributed by atoms with van der Waals surface area (Å²) < 4.78 is 36.1. The molecule has 6 fully saturated rings. The maximum Gasteiger partial charge on any atom is 0.254 e. The van der Waals surface area contributed by atoms with Crippen LogP contribution in [-0.4, -0.2) is 221 Å². The molecule has 23 heteroatoms. The number of β-amino-alcohol motifs (C(OH)–C–C–N with tert-alkyl or cyclic N) is 1. The minimum absolute atomic E-state index is 0.00291. The zero-order valence-corrected chi connectivity index (χ0v) is 31.1. The van der Waals surface area contributed by atoms with Crippen molar-refractivity contribution in [1.29, 1.82) is 0 Å². The number of carbonyl (C=O) groups excluding carboxylic acids is 1. The standard InChI is InChI=1S/C33H62N8O15/c34-7-17-22(45)23(46)20(37)29(51-17)55-26-19(9-42)53-30(24(26)47)56-27-21(44)15(41-31(48)33(50)11-40-12-33)5-13(35)25(27)54-28-14(36)6-16(43)18(52-28)8-39-10-32(49)1-3-38-4-2-32/h13-30,38-40,42-47,49-50H,1-12,34-37H2,(H,41,48)/t13-,14+,15+,16-,17-,18+,19+,20+,21-,22+,23+,24+,25+,26+,27+,28+,29+,30-/m0/s1. The molecule has 5 saturated heterocycles. The fourth-order valence-corrected chi connectivity index (χ4v) is 8.15. The average Bonchev–Trinajstić information content (AvgIpc) is 3.45. The van der Waals surface area contributed by atoms with Gasteiger partial charge in [-0.25, -0.2) is 0 Å². The maximum atomic E-state index is 13.0. The number of hydrogen-bond donors (Lipinski definition) is 16. The van der Waals surface area contributed by atoms with Crippen LogP contribution in [0.4, 0.5) is 0 Å². The van der Waals surface area contributed by atoms with Gasteiger partial charge in [0.1, 0.15) is 54.9 Å². The lowest BCUT2D eigenvalue weighted by Crippen LogP contribution is -2.71. The fraction of sp³-hybridized carbons (Fsp3) is 0.970. The van der Waals surface area contributed by atoms with E-state index in [2.05, 4.69) is 21.3 Å². The number of nitrogens with one attached hydrogen (secondary N) is 4. The summed E-state index contributed by atoms with van der Waals surface area (Å²) in [5.41, 5.74) is 22.2. The third kappa shape index (κ3) is 9.48. The van der Waals surface area contributed by atoms with E-state index >= 15 is 0 Å². The molecule has 0 unspecified atom stereocenters. The predicted molar refractivity (Wildman–Crippen MR) is 190 cm³/mol. The molecular weight excluding hydrogens is 748 g/mol. The van der Waals surface area contributed by atoms with Crippen molar-refractivity contribution in [3.05, 3.63) is 0 Å². The van der Waals surface area contributed by atoms with Crippen molar-refractivity contribution in [3.63, 3.8) is 0 Å². The molecule has 23 nitrogen and oxygen atoms in total. The summed E-state index contributed by atoms with van der Waals surface area (Å²) in [6.07, 6.45) is -17.4. The largest absolute Gasteiger partial charge is 0.394 e.